The van der Waals surface area contributed by atoms with Gasteiger partial charge in [0.25, 0.3) is 0 Å². The lowest BCUT2D eigenvalue weighted by Gasteiger charge is -2.41. The van der Waals surface area contributed by atoms with Crippen molar-refractivity contribution >= 4 is 27.8 Å². The molecule has 1 atom stereocenters. The zero-order valence-electron chi connectivity index (χ0n) is 11.9. The zero-order valence-corrected chi connectivity index (χ0v) is 13.4. The van der Waals surface area contributed by atoms with Gasteiger partial charge in [0.05, 0.1) is 6.04 Å². The molecule has 1 aliphatic rings. The quantitative estimate of drug-likeness (QED) is 0.782. The molecule has 0 spiro atoms. The number of halogens is 1. The van der Waals surface area contributed by atoms with E-state index in [1.54, 1.807) is 6.20 Å². The number of aromatic nitrogens is 1. The molecule has 1 aliphatic heterocycles. The van der Waals surface area contributed by atoms with Crippen LogP contribution >= 0.6 is 15.9 Å². The molecule has 1 N–H and O–H groups in total. The third kappa shape index (κ3) is 2.14. The van der Waals surface area contributed by atoms with Crippen LogP contribution in [0, 0.1) is 5.41 Å². The Hall–Kier alpha value is -1.10. The molecule has 0 aromatic carbocycles. The molecule has 104 valence electrons. The average Bonchev–Trinajstić information content (AvgIpc) is 2.46. The minimum absolute atomic E-state index is 0.144. The third-order valence-corrected chi connectivity index (χ3v) is 4.16. The second-order valence-electron chi connectivity index (χ2n) is 6.67. The second kappa shape index (κ2) is 4.20. The highest BCUT2D eigenvalue weighted by Gasteiger charge is 2.53. The van der Waals surface area contributed by atoms with Gasteiger partial charge in [0.15, 0.2) is 0 Å². The Bertz CT molecular complexity index is 535. The van der Waals surface area contributed by atoms with Gasteiger partial charge >= 0.3 is 6.09 Å². The predicted molar refractivity (Wildman–Crippen MR) is 78.7 cm³/mol. The van der Waals surface area contributed by atoms with Crippen LogP contribution in [0.15, 0.2) is 16.7 Å². The highest BCUT2D eigenvalue weighted by Crippen LogP contribution is 2.50. The van der Waals surface area contributed by atoms with Crippen LogP contribution < -0.4 is 4.90 Å². The van der Waals surface area contributed by atoms with Gasteiger partial charge < -0.3 is 5.11 Å². The maximum absolute atomic E-state index is 11.7. The number of hydrogen-bond donors (Lipinski definition) is 1. The molecule has 2 heterocycles. The molecule has 0 aliphatic carbocycles. The van der Waals surface area contributed by atoms with Gasteiger partial charge in [0.2, 0.25) is 0 Å². The molecule has 4 nitrogen and oxygen atoms in total. The molecule has 0 saturated heterocycles. The van der Waals surface area contributed by atoms with Crippen molar-refractivity contribution in [2.45, 2.75) is 46.1 Å². The van der Waals surface area contributed by atoms with Crippen molar-refractivity contribution in [1.29, 1.82) is 0 Å². The van der Waals surface area contributed by atoms with Crippen molar-refractivity contribution in [2.75, 3.05) is 4.90 Å². The minimum atomic E-state index is -0.943. The van der Waals surface area contributed by atoms with Crippen LogP contribution in [0.2, 0.25) is 0 Å². The van der Waals surface area contributed by atoms with Gasteiger partial charge in [-0.1, -0.05) is 34.6 Å². The maximum Gasteiger partial charge on any atom is 0.413 e. The first-order chi connectivity index (χ1) is 8.56. The lowest BCUT2D eigenvalue weighted by Crippen LogP contribution is -2.52. The van der Waals surface area contributed by atoms with Crippen LogP contribution in [0.4, 0.5) is 10.6 Å². The average molecular weight is 327 g/mol. The molecule has 0 fully saturated rings. The summed E-state index contributed by atoms with van der Waals surface area (Å²) in [5, 5.41) is 9.57. The maximum atomic E-state index is 11.7. The van der Waals surface area contributed by atoms with Gasteiger partial charge in [0, 0.05) is 21.6 Å². The van der Waals surface area contributed by atoms with Crippen LogP contribution in [0.25, 0.3) is 0 Å². The largest absolute Gasteiger partial charge is 0.465 e. The number of pyridine rings is 1. The van der Waals surface area contributed by atoms with Gasteiger partial charge in [-0.25, -0.2) is 9.78 Å². The minimum Gasteiger partial charge on any atom is -0.465 e. The number of carbonyl (C=O) groups is 1. The second-order valence-corrected chi connectivity index (χ2v) is 7.58. The monoisotopic (exact) mass is 326 g/mol. The molecule has 1 aromatic heterocycles. The lowest BCUT2D eigenvalue weighted by molar-refractivity contribution is 0.177. The van der Waals surface area contributed by atoms with Gasteiger partial charge in [0.1, 0.15) is 5.82 Å². The number of anilines is 1. The van der Waals surface area contributed by atoms with Gasteiger partial charge in [-0.05, 0) is 27.4 Å². The van der Waals surface area contributed by atoms with Crippen molar-refractivity contribution in [3.8, 4) is 0 Å². The van der Waals surface area contributed by atoms with Crippen LogP contribution in [-0.4, -0.2) is 22.2 Å². The summed E-state index contributed by atoms with van der Waals surface area (Å²) < 4.78 is 0.874. The van der Waals surface area contributed by atoms with Crippen molar-refractivity contribution < 1.29 is 9.90 Å². The summed E-state index contributed by atoms with van der Waals surface area (Å²) >= 11 is 3.42. The zero-order chi connectivity index (χ0) is 14.6. The molecule has 1 amide bonds. The molecule has 1 aromatic rings. The Morgan fingerprint density at radius 1 is 1.47 bits per heavy atom. The SMILES string of the molecule is CC(C)(C)C1N(C(=O)O)c2ncc(Br)cc2C1(C)C. The fourth-order valence-electron chi connectivity index (χ4n) is 3.36. The molecule has 0 bridgehead atoms. The van der Waals surface area contributed by atoms with Crippen molar-refractivity contribution in [3.63, 3.8) is 0 Å². The van der Waals surface area contributed by atoms with Crippen molar-refractivity contribution in [2.24, 2.45) is 5.41 Å². The highest BCUT2D eigenvalue weighted by molar-refractivity contribution is 9.10. The van der Waals surface area contributed by atoms with E-state index >= 15 is 0 Å². The van der Waals surface area contributed by atoms with E-state index in [-0.39, 0.29) is 16.9 Å². The lowest BCUT2D eigenvalue weighted by atomic mass is 9.70. The summed E-state index contributed by atoms with van der Waals surface area (Å²) in [4.78, 5) is 17.4. The van der Waals surface area contributed by atoms with Crippen molar-refractivity contribution in [3.05, 3.63) is 22.3 Å². The summed E-state index contributed by atoms with van der Waals surface area (Å²) in [7, 11) is 0. The fourth-order valence-corrected chi connectivity index (χ4v) is 3.69. The first-order valence-electron chi connectivity index (χ1n) is 6.25. The Morgan fingerprint density at radius 3 is 2.53 bits per heavy atom. The molecule has 0 radical (unpaired) electrons. The molecule has 19 heavy (non-hydrogen) atoms. The Labute approximate surface area is 122 Å². The van der Waals surface area contributed by atoms with Gasteiger partial charge in [-0.2, -0.15) is 0 Å². The van der Waals surface area contributed by atoms with E-state index in [2.05, 4.69) is 55.5 Å². The number of hydrogen-bond acceptors (Lipinski definition) is 2. The molecule has 0 saturated carbocycles. The molecule has 5 heteroatoms. The smallest absolute Gasteiger partial charge is 0.413 e. The number of carboxylic acid groups (broad SMARTS) is 1. The van der Waals surface area contributed by atoms with E-state index in [9.17, 15) is 9.90 Å². The first kappa shape index (κ1) is 14.3. The summed E-state index contributed by atoms with van der Waals surface area (Å²) in [6.45, 7) is 10.4. The van der Waals surface area contributed by atoms with E-state index in [1.807, 2.05) is 6.07 Å². The van der Waals surface area contributed by atoms with E-state index in [0.29, 0.717) is 5.82 Å². The van der Waals surface area contributed by atoms with Crippen LogP contribution in [0.1, 0.15) is 40.2 Å². The fraction of sp³-hybridized carbons (Fsp3) is 0.571. The number of rotatable bonds is 0. The first-order valence-corrected chi connectivity index (χ1v) is 7.04. The molecular formula is C14H19BrN2O2. The Balaban J connectivity index is 2.70. The van der Waals surface area contributed by atoms with Crippen molar-refractivity contribution in [1.82, 2.24) is 4.98 Å². The number of fused-ring (bicyclic) bond motifs is 1. The summed E-state index contributed by atoms with van der Waals surface area (Å²) in [5.41, 5.74) is 0.530. The summed E-state index contributed by atoms with van der Waals surface area (Å²) in [6.07, 6.45) is 0.706. The van der Waals surface area contributed by atoms with E-state index < -0.39 is 6.09 Å². The third-order valence-electron chi connectivity index (χ3n) is 3.72. The van der Waals surface area contributed by atoms with E-state index in [0.717, 1.165) is 10.0 Å². The van der Waals surface area contributed by atoms with Gasteiger partial charge in [-0.15, -0.1) is 0 Å². The summed E-state index contributed by atoms with van der Waals surface area (Å²) in [5.74, 6) is 0.556. The Kier molecular flexibility index (Phi) is 3.16. The predicted octanol–water partition coefficient (Wildman–Crippen LogP) is 4.03. The highest BCUT2D eigenvalue weighted by atomic mass is 79.9. The topological polar surface area (TPSA) is 53.4 Å². The van der Waals surface area contributed by atoms with E-state index in [1.165, 1.54) is 4.90 Å². The standard InChI is InChI=1S/C14H19BrN2O2/c1-13(2,3)11-14(4,5)9-6-8(15)7-16-10(9)17(11)12(18)19/h6-7,11H,1-5H3,(H,18,19). The summed E-state index contributed by atoms with van der Waals surface area (Å²) in [6, 6.07) is 1.83. The van der Waals surface area contributed by atoms with Crippen LogP contribution in [0.5, 0.6) is 0 Å². The van der Waals surface area contributed by atoms with Gasteiger partial charge in [-0.3, -0.25) is 4.90 Å². The molecule has 1 unspecified atom stereocenters. The normalized spacial score (nSPS) is 21.4. The number of nitrogens with zero attached hydrogens (tertiary/aromatic N) is 2. The molecular weight excluding hydrogens is 308 g/mol. The van der Waals surface area contributed by atoms with Crippen LogP contribution in [0.3, 0.4) is 0 Å². The van der Waals surface area contributed by atoms with Crippen LogP contribution in [-0.2, 0) is 5.41 Å². The molecule has 2 rings (SSSR count). The van der Waals surface area contributed by atoms with E-state index in [4.69, 9.17) is 0 Å². The Morgan fingerprint density at radius 2 is 2.05 bits per heavy atom. The number of amides is 1.